The number of aryl methyl sites for hydroxylation is 2. The van der Waals surface area contributed by atoms with Crippen LogP contribution in [0.25, 0.3) is 6.08 Å². The molecule has 0 atom stereocenters. The Hall–Kier alpha value is -1.98. The van der Waals surface area contributed by atoms with E-state index in [0.29, 0.717) is 32.9 Å². The second-order valence-electron chi connectivity index (χ2n) is 4.31. The van der Waals surface area contributed by atoms with Crippen molar-refractivity contribution in [2.45, 2.75) is 6.92 Å². The first-order valence-electron chi connectivity index (χ1n) is 5.95. The molecule has 0 amide bonds. The van der Waals surface area contributed by atoms with Crippen molar-refractivity contribution in [2.75, 3.05) is 0 Å². The minimum atomic E-state index is -1.05. The molecule has 0 unspecified atom stereocenters. The van der Waals surface area contributed by atoms with Crippen molar-refractivity contribution in [1.29, 1.82) is 0 Å². The summed E-state index contributed by atoms with van der Waals surface area (Å²) in [4.78, 5) is 10.7. The maximum Gasteiger partial charge on any atom is 0.328 e. The highest BCUT2D eigenvalue weighted by Crippen LogP contribution is 2.31. The van der Waals surface area contributed by atoms with Gasteiger partial charge in [-0.05, 0) is 31.2 Å². The van der Waals surface area contributed by atoms with Gasteiger partial charge in [0.05, 0.1) is 11.3 Å². The second kappa shape index (κ2) is 6.20. The smallest absolute Gasteiger partial charge is 0.328 e. The number of hydrogen-bond acceptors (Lipinski definition) is 3. The van der Waals surface area contributed by atoms with Crippen LogP contribution < -0.4 is 4.74 Å². The van der Waals surface area contributed by atoms with Crippen molar-refractivity contribution in [3.05, 3.63) is 45.6 Å². The lowest BCUT2D eigenvalue weighted by Gasteiger charge is -2.08. The molecule has 21 heavy (non-hydrogen) atoms. The molecule has 0 saturated heterocycles. The van der Waals surface area contributed by atoms with E-state index in [-0.39, 0.29) is 0 Å². The van der Waals surface area contributed by atoms with Crippen LogP contribution in [0, 0.1) is 6.92 Å². The number of aromatic nitrogens is 2. The number of rotatable bonds is 4. The molecule has 1 aromatic heterocycles. The van der Waals surface area contributed by atoms with Crippen LogP contribution in [-0.4, -0.2) is 20.9 Å². The van der Waals surface area contributed by atoms with Gasteiger partial charge in [0.25, 0.3) is 0 Å². The first kappa shape index (κ1) is 15.4. The Morgan fingerprint density at radius 3 is 2.52 bits per heavy atom. The van der Waals surface area contributed by atoms with E-state index in [2.05, 4.69) is 5.10 Å². The van der Waals surface area contributed by atoms with Crippen LogP contribution in [0.3, 0.4) is 0 Å². The second-order valence-corrected chi connectivity index (χ2v) is 5.18. The fourth-order valence-corrected chi connectivity index (χ4v) is 2.33. The Morgan fingerprint density at radius 2 is 1.95 bits per heavy atom. The highest BCUT2D eigenvalue weighted by molar-refractivity contribution is 6.34. The fraction of sp³-hybridized carbons (Fsp3) is 0.143. The van der Waals surface area contributed by atoms with Crippen LogP contribution in [0.5, 0.6) is 11.6 Å². The Bertz CT molecular complexity index is 703. The van der Waals surface area contributed by atoms with Crippen LogP contribution in [0.1, 0.15) is 11.3 Å². The first-order chi connectivity index (χ1) is 9.86. The van der Waals surface area contributed by atoms with Gasteiger partial charge in [0.2, 0.25) is 5.88 Å². The van der Waals surface area contributed by atoms with Gasteiger partial charge in [0, 0.05) is 23.2 Å². The lowest BCUT2D eigenvalue weighted by atomic mass is 10.2. The number of halogens is 2. The maximum absolute atomic E-state index is 10.7. The molecule has 1 heterocycles. The summed E-state index contributed by atoms with van der Waals surface area (Å²) in [5.41, 5.74) is 1.23. The molecular formula is C14H12Cl2N2O3. The zero-order valence-corrected chi connectivity index (χ0v) is 12.8. The molecular weight excluding hydrogens is 315 g/mol. The molecule has 7 heteroatoms. The van der Waals surface area contributed by atoms with E-state index in [1.165, 1.54) is 10.8 Å². The van der Waals surface area contributed by atoms with Crippen LogP contribution in [0.4, 0.5) is 0 Å². The summed E-state index contributed by atoms with van der Waals surface area (Å²) in [6.07, 6.45) is 2.47. The Balaban J connectivity index is 2.41. The molecule has 0 aliphatic heterocycles. The van der Waals surface area contributed by atoms with E-state index >= 15 is 0 Å². The van der Waals surface area contributed by atoms with Gasteiger partial charge in [0.15, 0.2) is 0 Å². The van der Waals surface area contributed by atoms with Gasteiger partial charge in [-0.25, -0.2) is 9.48 Å². The molecule has 1 N–H and O–H groups in total. The van der Waals surface area contributed by atoms with Gasteiger partial charge in [-0.3, -0.25) is 0 Å². The van der Waals surface area contributed by atoms with Crippen LogP contribution in [0.2, 0.25) is 10.0 Å². The van der Waals surface area contributed by atoms with Gasteiger partial charge in [-0.15, -0.1) is 0 Å². The average Bonchev–Trinajstić information content (AvgIpc) is 2.60. The normalized spacial score (nSPS) is 11.0. The molecule has 5 nitrogen and oxygen atoms in total. The molecule has 0 aliphatic rings. The highest BCUT2D eigenvalue weighted by Gasteiger charge is 2.14. The molecule has 2 aromatic rings. The van der Waals surface area contributed by atoms with E-state index < -0.39 is 5.97 Å². The van der Waals surface area contributed by atoms with Crippen molar-refractivity contribution in [3.8, 4) is 11.6 Å². The molecule has 1 aromatic carbocycles. The van der Waals surface area contributed by atoms with E-state index in [4.69, 9.17) is 33.0 Å². The van der Waals surface area contributed by atoms with Crippen LogP contribution in [-0.2, 0) is 11.8 Å². The molecule has 0 spiro atoms. The van der Waals surface area contributed by atoms with E-state index in [1.54, 1.807) is 32.2 Å². The Morgan fingerprint density at radius 1 is 1.33 bits per heavy atom. The minimum absolute atomic E-state index is 0.406. The van der Waals surface area contributed by atoms with Gasteiger partial charge in [-0.2, -0.15) is 5.10 Å². The number of nitrogens with zero attached hydrogens (tertiary/aromatic N) is 2. The lowest BCUT2D eigenvalue weighted by Crippen LogP contribution is -1.96. The van der Waals surface area contributed by atoms with E-state index in [0.717, 1.165) is 6.08 Å². The molecule has 110 valence electrons. The number of benzene rings is 1. The van der Waals surface area contributed by atoms with Crippen molar-refractivity contribution in [3.63, 3.8) is 0 Å². The van der Waals surface area contributed by atoms with Crippen molar-refractivity contribution in [2.24, 2.45) is 7.05 Å². The quantitative estimate of drug-likeness (QED) is 0.864. The van der Waals surface area contributed by atoms with E-state index in [1.807, 2.05) is 0 Å². The SMILES string of the molecule is Cc1nn(C)c(Oc2cc(Cl)cc(Cl)c2)c1/C=C/C(=O)O. The van der Waals surface area contributed by atoms with Crippen LogP contribution >= 0.6 is 23.2 Å². The summed E-state index contributed by atoms with van der Waals surface area (Å²) in [5, 5.41) is 13.8. The predicted octanol–water partition coefficient (Wildman–Crippen LogP) is 3.93. The monoisotopic (exact) mass is 326 g/mol. The van der Waals surface area contributed by atoms with Gasteiger partial charge in [-0.1, -0.05) is 23.2 Å². The van der Waals surface area contributed by atoms with Crippen molar-refractivity contribution in [1.82, 2.24) is 9.78 Å². The van der Waals surface area contributed by atoms with Gasteiger partial charge < -0.3 is 9.84 Å². The summed E-state index contributed by atoms with van der Waals surface area (Å²) in [6, 6.07) is 4.82. The summed E-state index contributed by atoms with van der Waals surface area (Å²) in [7, 11) is 1.70. The first-order valence-corrected chi connectivity index (χ1v) is 6.71. The van der Waals surface area contributed by atoms with Crippen molar-refractivity contribution >= 4 is 35.2 Å². The minimum Gasteiger partial charge on any atom is -0.478 e. The number of carbonyl (C=O) groups is 1. The summed E-state index contributed by atoms with van der Waals surface area (Å²) in [6.45, 7) is 1.76. The lowest BCUT2D eigenvalue weighted by molar-refractivity contribution is -0.131. The van der Waals surface area contributed by atoms with Crippen LogP contribution in [0.15, 0.2) is 24.3 Å². The summed E-state index contributed by atoms with van der Waals surface area (Å²) < 4.78 is 7.26. The Labute approximate surface area is 131 Å². The topological polar surface area (TPSA) is 64.4 Å². The number of aliphatic carboxylic acids is 1. The summed E-state index contributed by atoms with van der Waals surface area (Å²) in [5.74, 6) is -0.196. The molecule has 0 bridgehead atoms. The average molecular weight is 327 g/mol. The molecule has 0 fully saturated rings. The number of hydrogen-bond donors (Lipinski definition) is 1. The third-order valence-corrected chi connectivity index (χ3v) is 3.09. The number of ether oxygens (including phenoxy) is 1. The van der Waals surface area contributed by atoms with Gasteiger partial charge in [0.1, 0.15) is 5.75 Å². The Kier molecular flexibility index (Phi) is 4.55. The van der Waals surface area contributed by atoms with Crippen molar-refractivity contribution < 1.29 is 14.6 Å². The predicted molar refractivity (Wildman–Crippen MR) is 81.2 cm³/mol. The number of carboxylic acid groups (broad SMARTS) is 1. The maximum atomic E-state index is 10.7. The fourth-order valence-electron chi connectivity index (χ4n) is 1.82. The molecule has 0 radical (unpaired) electrons. The standard InChI is InChI=1S/C14H12Cl2N2O3/c1-8-12(3-4-13(19)20)14(18(2)17-8)21-11-6-9(15)5-10(16)7-11/h3-7H,1-2H3,(H,19,20)/b4-3+. The number of carboxylic acids is 1. The largest absolute Gasteiger partial charge is 0.478 e. The molecule has 0 aliphatic carbocycles. The molecule has 2 rings (SSSR count). The molecule has 0 saturated carbocycles. The highest BCUT2D eigenvalue weighted by atomic mass is 35.5. The summed E-state index contributed by atoms with van der Waals surface area (Å²) >= 11 is 11.9. The zero-order valence-electron chi connectivity index (χ0n) is 11.3. The third-order valence-electron chi connectivity index (χ3n) is 2.66. The third kappa shape index (κ3) is 3.77. The van der Waals surface area contributed by atoms with Gasteiger partial charge >= 0.3 is 5.97 Å². The van der Waals surface area contributed by atoms with E-state index in [9.17, 15) is 4.79 Å². The zero-order chi connectivity index (χ0) is 15.6.